The van der Waals surface area contributed by atoms with Crippen molar-refractivity contribution in [3.05, 3.63) is 37.4 Å². The first-order chi connectivity index (χ1) is 8.82. The van der Waals surface area contributed by atoms with Gasteiger partial charge >= 0.3 is 12.2 Å². The van der Waals surface area contributed by atoms with Crippen LogP contribution >= 0.6 is 31.9 Å². The Hall–Kier alpha value is -1.22. The van der Waals surface area contributed by atoms with Gasteiger partial charge in [0.25, 0.3) is 0 Å². The summed E-state index contributed by atoms with van der Waals surface area (Å²) in [6, 6.07) is 2.74. The fourth-order valence-electron chi connectivity index (χ4n) is 1.55. The molecule has 0 spiro atoms. The molecule has 1 aromatic heterocycles. The van der Waals surface area contributed by atoms with Crippen LogP contribution in [0.2, 0.25) is 0 Å². The van der Waals surface area contributed by atoms with Gasteiger partial charge in [0.1, 0.15) is 11.6 Å². The second-order valence-electron chi connectivity index (χ2n) is 3.64. The van der Waals surface area contributed by atoms with E-state index >= 15 is 0 Å². The van der Waals surface area contributed by atoms with Crippen molar-refractivity contribution in [2.45, 2.75) is 13.5 Å². The summed E-state index contributed by atoms with van der Waals surface area (Å²) in [4.78, 5) is 11.8. The maximum absolute atomic E-state index is 12.7. The second kappa shape index (κ2) is 5.04. The zero-order chi connectivity index (χ0) is 14.3. The summed E-state index contributed by atoms with van der Waals surface area (Å²) in [6.45, 7) is -1.67. The molecule has 9 heteroatoms. The van der Waals surface area contributed by atoms with E-state index in [4.69, 9.17) is 0 Å². The minimum atomic E-state index is -2.97. The second-order valence-corrected chi connectivity index (χ2v) is 5.35. The fourth-order valence-corrected chi connectivity index (χ4v) is 2.71. The van der Waals surface area contributed by atoms with Gasteiger partial charge in [-0.1, -0.05) is 0 Å². The summed E-state index contributed by atoms with van der Waals surface area (Å²) in [7, 11) is 0. The van der Waals surface area contributed by atoms with E-state index in [1.807, 2.05) is 0 Å². The molecule has 0 amide bonds. The largest absolute Gasteiger partial charge is 0.507 e. The Kier molecular flexibility index (Phi) is 3.77. The van der Waals surface area contributed by atoms with Crippen molar-refractivity contribution in [2.75, 3.05) is 0 Å². The van der Waals surface area contributed by atoms with Crippen LogP contribution in [0.1, 0.15) is 12.4 Å². The smallest absolute Gasteiger partial charge is 0.355 e. The van der Waals surface area contributed by atoms with Crippen LogP contribution in [0.25, 0.3) is 5.69 Å². The number of hydrogen-bond acceptors (Lipinski definition) is 3. The summed E-state index contributed by atoms with van der Waals surface area (Å²) in [6.07, 6.45) is 0. The molecule has 0 bridgehead atoms. The van der Waals surface area contributed by atoms with Gasteiger partial charge in [-0.25, -0.2) is 9.36 Å². The van der Waals surface area contributed by atoms with Crippen LogP contribution in [0.15, 0.2) is 25.9 Å². The lowest BCUT2D eigenvalue weighted by molar-refractivity contribution is 0.0640. The first kappa shape index (κ1) is 14.2. The Balaban J connectivity index is 2.70. The maximum atomic E-state index is 12.7. The summed E-state index contributed by atoms with van der Waals surface area (Å²) < 4.78 is 27.3. The molecule has 0 radical (unpaired) electrons. The van der Waals surface area contributed by atoms with E-state index in [9.17, 15) is 18.7 Å². The zero-order valence-corrected chi connectivity index (χ0v) is 12.6. The molecule has 0 saturated carbocycles. The van der Waals surface area contributed by atoms with Crippen molar-refractivity contribution < 1.29 is 13.9 Å². The van der Waals surface area contributed by atoms with Gasteiger partial charge < -0.3 is 5.11 Å². The van der Waals surface area contributed by atoms with Gasteiger partial charge in [-0.3, -0.25) is 0 Å². The fraction of sp³-hybridized carbons (Fsp3) is 0.200. The summed E-state index contributed by atoms with van der Waals surface area (Å²) >= 11 is 6.29. The van der Waals surface area contributed by atoms with E-state index in [1.165, 1.54) is 19.1 Å². The molecule has 0 aliphatic rings. The minimum absolute atomic E-state index is 0.116. The van der Waals surface area contributed by atoms with Crippen molar-refractivity contribution in [1.29, 1.82) is 0 Å². The summed E-state index contributed by atoms with van der Waals surface area (Å²) in [5.41, 5.74) is -0.803. The van der Waals surface area contributed by atoms with Crippen LogP contribution in [0.4, 0.5) is 8.78 Å². The van der Waals surface area contributed by atoms with Crippen molar-refractivity contribution in [3.63, 3.8) is 0 Å². The highest BCUT2D eigenvalue weighted by atomic mass is 79.9. The lowest BCUT2D eigenvalue weighted by Crippen LogP contribution is -2.24. The van der Waals surface area contributed by atoms with E-state index in [-0.39, 0.29) is 21.8 Å². The third-order valence-corrected chi connectivity index (χ3v) is 3.69. The number of alkyl halides is 2. The topological polar surface area (TPSA) is 60.0 Å². The zero-order valence-electron chi connectivity index (χ0n) is 9.44. The number of rotatable bonds is 2. The molecule has 2 aromatic rings. The van der Waals surface area contributed by atoms with Gasteiger partial charge in [0.15, 0.2) is 0 Å². The number of benzene rings is 1. The highest BCUT2D eigenvalue weighted by Crippen LogP contribution is 2.32. The Morgan fingerprint density at radius 1 is 1.32 bits per heavy atom. The predicted molar refractivity (Wildman–Crippen MR) is 70.9 cm³/mol. The predicted octanol–water partition coefficient (Wildman–Crippen LogP) is 2.97. The average Bonchev–Trinajstić information content (AvgIpc) is 2.59. The van der Waals surface area contributed by atoms with Crippen molar-refractivity contribution in [1.82, 2.24) is 14.3 Å². The van der Waals surface area contributed by atoms with Crippen LogP contribution < -0.4 is 5.69 Å². The minimum Gasteiger partial charge on any atom is -0.507 e. The van der Waals surface area contributed by atoms with Crippen molar-refractivity contribution in [2.24, 2.45) is 0 Å². The Bertz CT molecular complexity index is 697. The first-order valence-electron chi connectivity index (χ1n) is 4.97. The molecule has 1 N–H and O–H groups in total. The van der Waals surface area contributed by atoms with Gasteiger partial charge in [0, 0.05) is 10.5 Å². The van der Waals surface area contributed by atoms with Crippen LogP contribution in [0, 0.1) is 6.92 Å². The highest BCUT2D eigenvalue weighted by molar-refractivity contribution is 9.11. The van der Waals surface area contributed by atoms with Gasteiger partial charge in [0.2, 0.25) is 0 Å². The Morgan fingerprint density at radius 2 is 1.95 bits per heavy atom. The van der Waals surface area contributed by atoms with E-state index < -0.39 is 12.2 Å². The molecule has 1 heterocycles. The molecule has 102 valence electrons. The van der Waals surface area contributed by atoms with Crippen molar-refractivity contribution in [3.8, 4) is 11.4 Å². The van der Waals surface area contributed by atoms with Gasteiger partial charge in [-0.2, -0.15) is 13.5 Å². The molecular formula is C10H7Br2F2N3O2. The van der Waals surface area contributed by atoms with Crippen LogP contribution in [0.5, 0.6) is 5.75 Å². The number of aromatic nitrogens is 3. The van der Waals surface area contributed by atoms with E-state index in [2.05, 4.69) is 37.0 Å². The molecule has 19 heavy (non-hydrogen) atoms. The van der Waals surface area contributed by atoms with Gasteiger partial charge in [-0.05, 0) is 44.8 Å². The van der Waals surface area contributed by atoms with E-state index in [1.54, 1.807) is 0 Å². The van der Waals surface area contributed by atoms with Crippen LogP contribution in [0.3, 0.4) is 0 Å². The Labute approximate surface area is 122 Å². The molecule has 5 nitrogen and oxygen atoms in total. The monoisotopic (exact) mass is 397 g/mol. The lowest BCUT2D eigenvalue weighted by atomic mass is 10.3. The van der Waals surface area contributed by atoms with Gasteiger partial charge in [0.05, 0.1) is 10.2 Å². The normalized spacial score (nSPS) is 11.3. The highest BCUT2D eigenvalue weighted by Gasteiger charge is 2.20. The molecule has 0 aliphatic heterocycles. The molecular weight excluding hydrogens is 392 g/mol. The Morgan fingerprint density at radius 3 is 2.47 bits per heavy atom. The molecule has 0 aliphatic carbocycles. The first-order valence-corrected chi connectivity index (χ1v) is 6.56. The van der Waals surface area contributed by atoms with Crippen LogP contribution in [-0.2, 0) is 0 Å². The standard InChI is InChI=1S/C10H7Br2F2N3O2/c1-4-15-17(10(19)16(4)9(13)14)7-3-8(18)6(12)2-5(7)11/h2-3,9,18H,1H3. The number of halogens is 4. The number of phenolic OH excluding ortho intramolecular Hbond substituents is 1. The number of aryl methyl sites for hydroxylation is 1. The van der Waals surface area contributed by atoms with Crippen molar-refractivity contribution >= 4 is 31.9 Å². The SMILES string of the molecule is Cc1nn(-c2cc(O)c(Br)cc2Br)c(=O)n1C(F)F. The molecule has 2 rings (SSSR count). The van der Waals surface area contributed by atoms with Gasteiger partial charge in [-0.15, -0.1) is 5.10 Å². The molecule has 0 fully saturated rings. The number of phenols is 1. The summed E-state index contributed by atoms with van der Waals surface area (Å²) in [5, 5.41) is 13.4. The maximum Gasteiger partial charge on any atom is 0.355 e. The third kappa shape index (κ3) is 2.44. The number of aromatic hydroxyl groups is 1. The lowest BCUT2D eigenvalue weighted by Gasteiger charge is -2.05. The van der Waals surface area contributed by atoms with Crippen LogP contribution in [-0.4, -0.2) is 19.5 Å². The molecule has 0 atom stereocenters. The number of nitrogens with zero attached hydrogens (tertiary/aromatic N) is 3. The number of hydrogen-bond donors (Lipinski definition) is 1. The summed E-state index contributed by atoms with van der Waals surface area (Å²) in [5.74, 6) is -0.247. The van der Waals surface area contributed by atoms with E-state index in [0.717, 1.165) is 4.68 Å². The molecule has 0 saturated heterocycles. The molecule has 0 unspecified atom stereocenters. The third-order valence-electron chi connectivity index (χ3n) is 2.42. The average molecular weight is 399 g/mol. The van der Waals surface area contributed by atoms with E-state index in [0.29, 0.717) is 8.95 Å². The molecule has 1 aromatic carbocycles. The quantitative estimate of drug-likeness (QED) is 0.845.